The van der Waals surface area contributed by atoms with Gasteiger partial charge < -0.3 is 19.7 Å². The summed E-state index contributed by atoms with van der Waals surface area (Å²) in [5.74, 6) is 2.25. The van der Waals surface area contributed by atoms with Gasteiger partial charge in [0.15, 0.2) is 0 Å². The number of aromatic nitrogens is 2. The molecule has 0 saturated carbocycles. The lowest BCUT2D eigenvalue weighted by atomic mass is 10.0. The first kappa shape index (κ1) is 16.0. The summed E-state index contributed by atoms with van der Waals surface area (Å²) < 4.78 is 11.0. The molecule has 0 aromatic carbocycles. The van der Waals surface area contributed by atoms with Gasteiger partial charge in [0.25, 0.3) is 0 Å². The van der Waals surface area contributed by atoms with E-state index in [9.17, 15) is 0 Å². The Kier molecular flexibility index (Phi) is 5.36. The highest BCUT2D eigenvalue weighted by Crippen LogP contribution is 2.33. The lowest BCUT2D eigenvalue weighted by molar-refractivity contribution is -0.00461. The third-order valence-electron chi connectivity index (χ3n) is 3.90. The smallest absolute Gasteiger partial charge is 0.137 e. The van der Waals surface area contributed by atoms with Gasteiger partial charge in [0.05, 0.1) is 0 Å². The second-order valence-electron chi connectivity index (χ2n) is 5.60. The average molecular weight is 294 g/mol. The molecule has 0 amide bonds. The molecule has 118 valence electrons. The Hall–Kier alpha value is -1.40. The van der Waals surface area contributed by atoms with Crippen molar-refractivity contribution in [3.8, 4) is 0 Å². The van der Waals surface area contributed by atoms with E-state index in [-0.39, 0.29) is 12.2 Å². The molecule has 0 radical (unpaired) electrons. The van der Waals surface area contributed by atoms with Crippen molar-refractivity contribution in [3.05, 3.63) is 11.9 Å². The first-order chi connectivity index (χ1) is 10.1. The summed E-state index contributed by atoms with van der Waals surface area (Å²) >= 11 is 0. The number of anilines is 2. The van der Waals surface area contributed by atoms with Gasteiger partial charge in [0.2, 0.25) is 0 Å². The second-order valence-corrected chi connectivity index (χ2v) is 5.60. The van der Waals surface area contributed by atoms with E-state index in [0.29, 0.717) is 5.92 Å². The summed E-state index contributed by atoms with van der Waals surface area (Å²) in [5.41, 5.74) is 1.16. The molecule has 0 aliphatic carbocycles. The summed E-state index contributed by atoms with van der Waals surface area (Å²) in [7, 11) is 3.46. The van der Waals surface area contributed by atoms with Crippen LogP contribution in [0.2, 0.25) is 0 Å². The van der Waals surface area contributed by atoms with Crippen LogP contribution in [0.4, 0.5) is 11.6 Å². The van der Waals surface area contributed by atoms with Crippen LogP contribution in [0.15, 0.2) is 6.33 Å². The molecule has 6 nitrogen and oxygen atoms in total. The van der Waals surface area contributed by atoms with Gasteiger partial charge >= 0.3 is 0 Å². The van der Waals surface area contributed by atoms with Crippen LogP contribution in [-0.4, -0.2) is 56.0 Å². The zero-order chi connectivity index (χ0) is 15.4. The van der Waals surface area contributed by atoms with E-state index >= 15 is 0 Å². The Morgan fingerprint density at radius 2 is 1.86 bits per heavy atom. The van der Waals surface area contributed by atoms with E-state index in [1.807, 2.05) is 0 Å². The fourth-order valence-electron chi connectivity index (χ4n) is 2.85. The molecule has 6 heteroatoms. The van der Waals surface area contributed by atoms with Crippen molar-refractivity contribution in [1.29, 1.82) is 0 Å². The first-order valence-electron chi connectivity index (χ1n) is 7.51. The molecule has 1 fully saturated rings. The minimum Gasteiger partial charge on any atom is -0.377 e. The molecule has 21 heavy (non-hydrogen) atoms. The normalized spacial score (nSPS) is 22.1. The highest BCUT2D eigenvalue weighted by molar-refractivity contribution is 5.61. The molecule has 1 N–H and O–H groups in total. The maximum atomic E-state index is 5.52. The van der Waals surface area contributed by atoms with Crippen LogP contribution in [-0.2, 0) is 9.47 Å². The third-order valence-corrected chi connectivity index (χ3v) is 3.90. The predicted molar refractivity (Wildman–Crippen MR) is 84.1 cm³/mol. The van der Waals surface area contributed by atoms with Gasteiger partial charge in [0.1, 0.15) is 30.2 Å². The van der Waals surface area contributed by atoms with Crippen LogP contribution in [0.5, 0.6) is 0 Å². The van der Waals surface area contributed by atoms with Crippen molar-refractivity contribution in [2.24, 2.45) is 0 Å². The first-order valence-corrected chi connectivity index (χ1v) is 7.51. The molecule has 2 unspecified atom stereocenters. The number of hydrogen-bond donors (Lipinski definition) is 1. The van der Waals surface area contributed by atoms with E-state index in [4.69, 9.17) is 9.47 Å². The maximum Gasteiger partial charge on any atom is 0.137 e. The highest BCUT2D eigenvalue weighted by atomic mass is 16.5. The van der Waals surface area contributed by atoms with Gasteiger partial charge in [-0.1, -0.05) is 13.8 Å². The molecule has 1 aromatic rings. The Labute approximate surface area is 126 Å². The number of hydrogen-bond acceptors (Lipinski definition) is 6. The van der Waals surface area contributed by atoms with Crippen LogP contribution >= 0.6 is 0 Å². The van der Waals surface area contributed by atoms with Crippen molar-refractivity contribution in [2.75, 3.05) is 44.1 Å². The average Bonchev–Trinajstić information content (AvgIpc) is 2.90. The van der Waals surface area contributed by atoms with Crippen molar-refractivity contribution in [2.45, 2.75) is 38.9 Å². The van der Waals surface area contributed by atoms with Crippen molar-refractivity contribution in [3.63, 3.8) is 0 Å². The minimum absolute atomic E-state index is 0.0764. The maximum absolute atomic E-state index is 5.52. The summed E-state index contributed by atoms with van der Waals surface area (Å²) in [5, 5.41) is 3.33. The Morgan fingerprint density at radius 3 is 2.33 bits per heavy atom. The SMILES string of the molecule is CCNc1ncnc(N2CC(OC)C(OC)C2)c1C(C)C. The number of rotatable bonds is 6. The molecule has 0 bridgehead atoms. The topological polar surface area (TPSA) is 59.5 Å². The molecule has 0 spiro atoms. The number of methoxy groups -OCH3 is 2. The lowest BCUT2D eigenvalue weighted by Gasteiger charge is -2.23. The number of nitrogens with one attached hydrogen (secondary N) is 1. The zero-order valence-corrected chi connectivity index (χ0v) is 13.6. The van der Waals surface area contributed by atoms with Crippen LogP contribution < -0.4 is 10.2 Å². The summed E-state index contributed by atoms with van der Waals surface area (Å²) in [6, 6.07) is 0. The fourth-order valence-corrected chi connectivity index (χ4v) is 2.85. The fraction of sp³-hybridized carbons (Fsp3) is 0.733. The molecule has 1 aliphatic heterocycles. The van der Waals surface area contributed by atoms with E-state index in [1.165, 1.54) is 0 Å². The van der Waals surface area contributed by atoms with E-state index in [0.717, 1.165) is 36.8 Å². The second kappa shape index (κ2) is 7.04. The van der Waals surface area contributed by atoms with Crippen LogP contribution in [0.1, 0.15) is 32.3 Å². The van der Waals surface area contributed by atoms with Crippen molar-refractivity contribution < 1.29 is 9.47 Å². The Balaban J connectivity index is 2.33. The number of nitrogens with zero attached hydrogens (tertiary/aromatic N) is 3. The summed E-state index contributed by atoms with van der Waals surface area (Å²) in [6.07, 6.45) is 1.78. The van der Waals surface area contributed by atoms with Crippen LogP contribution in [0.25, 0.3) is 0 Å². The molecular weight excluding hydrogens is 268 g/mol. The van der Waals surface area contributed by atoms with Gasteiger partial charge in [-0.25, -0.2) is 9.97 Å². The zero-order valence-electron chi connectivity index (χ0n) is 13.6. The lowest BCUT2D eigenvalue weighted by Crippen LogP contribution is -2.27. The van der Waals surface area contributed by atoms with Crippen molar-refractivity contribution >= 4 is 11.6 Å². The number of ether oxygens (including phenoxy) is 2. The Morgan fingerprint density at radius 1 is 1.24 bits per heavy atom. The van der Waals surface area contributed by atoms with E-state index in [2.05, 4.69) is 41.0 Å². The summed E-state index contributed by atoms with van der Waals surface area (Å²) in [4.78, 5) is 11.2. The third kappa shape index (κ3) is 3.27. The molecule has 1 aromatic heterocycles. The van der Waals surface area contributed by atoms with Gasteiger partial charge in [-0.05, 0) is 12.8 Å². The van der Waals surface area contributed by atoms with Gasteiger partial charge in [0, 0.05) is 39.4 Å². The van der Waals surface area contributed by atoms with Gasteiger partial charge in [-0.2, -0.15) is 0 Å². The van der Waals surface area contributed by atoms with Crippen molar-refractivity contribution in [1.82, 2.24) is 9.97 Å². The quantitative estimate of drug-likeness (QED) is 0.864. The monoisotopic (exact) mass is 294 g/mol. The molecule has 2 atom stereocenters. The predicted octanol–water partition coefficient (Wildman–Crippen LogP) is 1.88. The molecule has 1 aliphatic rings. The molecule has 2 heterocycles. The van der Waals surface area contributed by atoms with E-state index < -0.39 is 0 Å². The molecule has 2 rings (SSSR count). The Bertz CT molecular complexity index is 455. The van der Waals surface area contributed by atoms with Gasteiger partial charge in [-0.3, -0.25) is 0 Å². The minimum atomic E-state index is 0.0764. The highest BCUT2D eigenvalue weighted by Gasteiger charge is 2.35. The largest absolute Gasteiger partial charge is 0.377 e. The van der Waals surface area contributed by atoms with Gasteiger partial charge in [-0.15, -0.1) is 0 Å². The van der Waals surface area contributed by atoms with Crippen LogP contribution in [0, 0.1) is 0 Å². The molecule has 1 saturated heterocycles. The van der Waals surface area contributed by atoms with E-state index in [1.54, 1.807) is 20.5 Å². The molecular formula is C15H26N4O2. The van der Waals surface area contributed by atoms with Crippen LogP contribution in [0.3, 0.4) is 0 Å². The summed E-state index contributed by atoms with van der Waals surface area (Å²) in [6.45, 7) is 8.83. The standard InChI is InChI=1S/C15H26N4O2/c1-6-16-14-13(10(2)3)15(18-9-17-14)19-7-11(20-4)12(8-19)21-5/h9-12H,6-8H2,1-5H3,(H,16,17,18).